The topological polar surface area (TPSA) is 62.3 Å². The van der Waals surface area contributed by atoms with E-state index in [1.165, 1.54) is 0 Å². The van der Waals surface area contributed by atoms with Crippen molar-refractivity contribution in [1.29, 1.82) is 0 Å². The second-order valence-electron chi connectivity index (χ2n) is 8.01. The highest BCUT2D eigenvalue weighted by molar-refractivity contribution is 5.97. The van der Waals surface area contributed by atoms with E-state index in [-0.39, 0.29) is 29.5 Å². The molecule has 1 aromatic carbocycles. The molecule has 0 bridgehead atoms. The number of rotatable bonds is 3. The number of amides is 2. The molecule has 29 heavy (non-hydrogen) atoms. The number of carbonyl (C=O) groups is 2. The molecule has 2 amide bonds. The summed E-state index contributed by atoms with van der Waals surface area (Å²) in [7, 11) is 0. The van der Waals surface area contributed by atoms with Crippen LogP contribution >= 0.6 is 0 Å². The van der Waals surface area contributed by atoms with Gasteiger partial charge >= 0.3 is 0 Å². The highest BCUT2D eigenvalue weighted by Crippen LogP contribution is 2.48. The zero-order valence-electron chi connectivity index (χ0n) is 16.0. The van der Waals surface area contributed by atoms with Crippen LogP contribution in [0.4, 0.5) is 14.5 Å². The van der Waals surface area contributed by atoms with E-state index in [9.17, 15) is 18.4 Å². The Morgan fingerprint density at radius 1 is 1.07 bits per heavy atom. The molecule has 1 aliphatic carbocycles. The lowest BCUT2D eigenvalue weighted by Gasteiger charge is -2.37. The molecule has 0 unspecified atom stereocenters. The zero-order chi connectivity index (χ0) is 20.4. The first kappa shape index (κ1) is 19.5. The maximum absolute atomic E-state index is 14.0. The first-order valence-electron chi connectivity index (χ1n) is 9.94. The van der Waals surface area contributed by atoms with Crippen molar-refractivity contribution < 1.29 is 18.4 Å². The third kappa shape index (κ3) is 3.86. The van der Waals surface area contributed by atoms with Crippen molar-refractivity contribution in [2.24, 2.45) is 11.3 Å². The fraction of sp³-hybridized carbons (Fsp3) is 0.409. The molecular formula is C22H23F2N3O2. The minimum Gasteiger partial charge on any atom is -0.337 e. The molecule has 7 heteroatoms. The molecule has 2 fully saturated rings. The van der Waals surface area contributed by atoms with Gasteiger partial charge in [-0.3, -0.25) is 14.6 Å². The Kier molecular flexibility index (Phi) is 5.30. The van der Waals surface area contributed by atoms with Crippen molar-refractivity contribution in [3.05, 3.63) is 59.9 Å². The summed E-state index contributed by atoms with van der Waals surface area (Å²) in [5.41, 5.74) is 0.0394. The largest absolute Gasteiger partial charge is 0.337 e. The van der Waals surface area contributed by atoms with Gasteiger partial charge in [0.05, 0.1) is 11.6 Å². The fourth-order valence-electron chi connectivity index (χ4n) is 4.74. The van der Waals surface area contributed by atoms with Gasteiger partial charge in [0.15, 0.2) is 0 Å². The van der Waals surface area contributed by atoms with Gasteiger partial charge in [0.25, 0.3) is 5.91 Å². The summed E-state index contributed by atoms with van der Waals surface area (Å²) in [4.78, 5) is 31.7. The zero-order valence-corrected chi connectivity index (χ0v) is 16.0. The number of halogens is 2. The normalized spacial score (nSPS) is 20.6. The second kappa shape index (κ2) is 7.89. The molecule has 2 heterocycles. The molecule has 4 rings (SSSR count). The van der Waals surface area contributed by atoms with Gasteiger partial charge in [0.1, 0.15) is 11.6 Å². The average molecular weight is 399 g/mol. The summed E-state index contributed by atoms with van der Waals surface area (Å²) in [6.07, 6.45) is 7.92. The first-order valence-corrected chi connectivity index (χ1v) is 9.94. The molecule has 2 aliphatic rings. The van der Waals surface area contributed by atoms with Crippen LogP contribution < -0.4 is 5.32 Å². The van der Waals surface area contributed by atoms with Gasteiger partial charge in [-0.1, -0.05) is 19.3 Å². The van der Waals surface area contributed by atoms with Crippen LogP contribution in [0.15, 0.2) is 42.7 Å². The first-order chi connectivity index (χ1) is 14.0. The second-order valence-corrected chi connectivity index (χ2v) is 8.01. The summed E-state index contributed by atoms with van der Waals surface area (Å²) >= 11 is 0. The number of nitrogens with zero attached hydrogens (tertiary/aromatic N) is 2. The Bertz CT molecular complexity index is 914. The molecule has 1 spiro atoms. The van der Waals surface area contributed by atoms with Crippen LogP contribution in [0.2, 0.25) is 0 Å². The third-order valence-corrected chi connectivity index (χ3v) is 6.21. The fourth-order valence-corrected chi connectivity index (χ4v) is 4.74. The molecule has 0 radical (unpaired) electrons. The van der Waals surface area contributed by atoms with Gasteiger partial charge in [0.2, 0.25) is 5.91 Å². The van der Waals surface area contributed by atoms with Crippen LogP contribution in [0.5, 0.6) is 0 Å². The number of pyridine rings is 1. The van der Waals surface area contributed by atoms with Crippen molar-refractivity contribution in [1.82, 2.24) is 9.88 Å². The van der Waals surface area contributed by atoms with E-state index in [0.717, 1.165) is 50.3 Å². The molecule has 1 saturated carbocycles. The van der Waals surface area contributed by atoms with Crippen molar-refractivity contribution in [2.45, 2.75) is 32.1 Å². The molecule has 1 saturated heterocycles. The Morgan fingerprint density at radius 3 is 2.52 bits per heavy atom. The van der Waals surface area contributed by atoms with Crippen LogP contribution in [0.3, 0.4) is 0 Å². The van der Waals surface area contributed by atoms with Crippen LogP contribution in [-0.4, -0.2) is 34.8 Å². The molecule has 1 atom stereocenters. The van der Waals surface area contributed by atoms with E-state index in [2.05, 4.69) is 10.3 Å². The smallest absolute Gasteiger partial charge is 0.254 e. The number of carbonyl (C=O) groups excluding carboxylic acids is 2. The molecule has 2 aromatic rings. The number of likely N-dealkylation sites (tertiary alicyclic amines) is 1. The highest BCUT2D eigenvalue weighted by atomic mass is 19.1. The Labute approximate surface area is 168 Å². The Balaban J connectivity index is 1.58. The van der Waals surface area contributed by atoms with Crippen molar-refractivity contribution in [2.75, 3.05) is 18.4 Å². The lowest BCUT2D eigenvalue weighted by molar-refractivity contribution is -0.123. The number of aromatic nitrogens is 1. The quantitative estimate of drug-likeness (QED) is 0.848. The number of hydrogen-bond donors (Lipinski definition) is 1. The van der Waals surface area contributed by atoms with E-state index < -0.39 is 17.6 Å². The van der Waals surface area contributed by atoms with Gasteiger partial charge in [-0.15, -0.1) is 0 Å². The van der Waals surface area contributed by atoms with Gasteiger partial charge < -0.3 is 10.2 Å². The number of benzene rings is 1. The summed E-state index contributed by atoms with van der Waals surface area (Å²) < 4.78 is 27.5. The Hall–Kier alpha value is -2.83. The summed E-state index contributed by atoms with van der Waals surface area (Å²) in [6.45, 7) is 0.766. The summed E-state index contributed by atoms with van der Waals surface area (Å²) in [5, 5.41) is 2.56. The molecule has 1 N–H and O–H groups in total. The van der Waals surface area contributed by atoms with E-state index >= 15 is 0 Å². The van der Waals surface area contributed by atoms with Gasteiger partial charge in [0, 0.05) is 42.5 Å². The third-order valence-electron chi connectivity index (χ3n) is 6.21. The molecule has 5 nitrogen and oxygen atoms in total. The van der Waals surface area contributed by atoms with Crippen LogP contribution in [0.25, 0.3) is 0 Å². The standard InChI is InChI=1S/C22H23F2N3O2/c23-16-4-5-18(24)19(12-16)26-20(28)17-13-27(14-22(17)8-2-1-3-9-22)21(29)15-6-10-25-11-7-15/h4-7,10-12,17H,1-3,8-9,13-14H2,(H,26,28)/t17-/m1/s1. The van der Waals surface area contributed by atoms with E-state index in [1.807, 2.05) is 0 Å². The minimum atomic E-state index is -0.680. The average Bonchev–Trinajstić information content (AvgIpc) is 3.10. The molecule has 1 aliphatic heterocycles. The van der Waals surface area contributed by atoms with Crippen molar-refractivity contribution >= 4 is 17.5 Å². The van der Waals surface area contributed by atoms with Crippen molar-refractivity contribution in [3.8, 4) is 0 Å². The SMILES string of the molecule is O=C(Nc1cc(F)ccc1F)[C@H]1CN(C(=O)c2ccncc2)CC12CCCCC2. The van der Waals surface area contributed by atoms with Crippen LogP contribution in [0, 0.1) is 23.0 Å². The molecular weight excluding hydrogens is 376 g/mol. The van der Waals surface area contributed by atoms with Gasteiger partial charge in [-0.2, -0.15) is 0 Å². The lowest BCUT2D eigenvalue weighted by atomic mass is 9.67. The number of nitrogens with one attached hydrogen (secondary N) is 1. The predicted octanol–water partition coefficient (Wildman–Crippen LogP) is 4.02. The predicted molar refractivity (Wildman–Crippen MR) is 104 cm³/mol. The maximum Gasteiger partial charge on any atom is 0.254 e. The summed E-state index contributed by atoms with van der Waals surface area (Å²) in [6, 6.07) is 6.31. The summed E-state index contributed by atoms with van der Waals surface area (Å²) in [5.74, 6) is -2.25. The Morgan fingerprint density at radius 2 is 1.79 bits per heavy atom. The van der Waals surface area contributed by atoms with Crippen molar-refractivity contribution in [3.63, 3.8) is 0 Å². The van der Waals surface area contributed by atoms with E-state index in [0.29, 0.717) is 12.1 Å². The minimum absolute atomic E-state index is 0.135. The van der Waals surface area contributed by atoms with Crippen LogP contribution in [0.1, 0.15) is 42.5 Å². The van der Waals surface area contributed by atoms with E-state index in [4.69, 9.17) is 0 Å². The van der Waals surface area contributed by atoms with E-state index in [1.54, 1.807) is 29.4 Å². The van der Waals surface area contributed by atoms with Gasteiger partial charge in [-0.05, 0) is 37.1 Å². The number of hydrogen-bond acceptors (Lipinski definition) is 3. The molecule has 152 valence electrons. The number of anilines is 1. The van der Waals surface area contributed by atoms with Gasteiger partial charge in [-0.25, -0.2) is 8.78 Å². The highest BCUT2D eigenvalue weighted by Gasteiger charge is 2.51. The monoisotopic (exact) mass is 399 g/mol. The molecule has 1 aromatic heterocycles. The maximum atomic E-state index is 14.0. The lowest BCUT2D eigenvalue weighted by Crippen LogP contribution is -2.39. The van der Waals surface area contributed by atoms with Crippen LogP contribution in [-0.2, 0) is 4.79 Å².